The van der Waals surface area contributed by atoms with E-state index in [1.165, 1.54) is 5.56 Å². The van der Waals surface area contributed by atoms with Crippen LogP contribution in [0.1, 0.15) is 36.5 Å². The monoisotopic (exact) mass is 351 g/mol. The number of benzene rings is 2. The third-order valence-electron chi connectivity index (χ3n) is 5.74. The number of nitrogens with zero attached hydrogens (tertiary/aromatic N) is 1. The summed E-state index contributed by atoms with van der Waals surface area (Å²) in [5.74, 6) is -0.743. The van der Waals surface area contributed by atoms with Crippen molar-refractivity contribution < 1.29 is 9.72 Å². The molecule has 0 unspecified atom stereocenters. The Labute approximate surface area is 151 Å². The number of nitrogens with one attached hydrogen (secondary N) is 2. The normalized spacial score (nSPS) is 29.6. The Kier molecular flexibility index (Phi) is 3.80. The number of aryl methyl sites for hydroxylation is 1. The lowest BCUT2D eigenvalue weighted by molar-refractivity contribution is -0.532. The molecule has 1 spiro atoms. The number of rotatable bonds is 3. The number of fused-ring (bicyclic) bond motifs is 2. The number of carbonyl (C=O) groups is 1. The molecule has 1 amide bonds. The molecular weight excluding hydrogens is 330 g/mol. The molecule has 0 aliphatic carbocycles. The summed E-state index contributed by atoms with van der Waals surface area (Å²) in [4.78, 5) is 24.8. The van der Waals surface area contributed by atoms with Crippen LogP contribution in [0.5, 0.6) is 0 Å². The zero-order valence-corrected chi connectivity index (χ0v) is 14.7. The van der Waals surface area contributed by atoms with Gasteiger partial charge in [0.05, 0.1) is 5.92 Å². The van der Waals surface area contributed by atoms with E-state index < -0.39 is 17.5 Å². The summed E-state index contributed by atoms with van der Waals surface area (Å²) in [5.41, 5.74) is 2.03. The van der Waals surface area contributed by atoms with Crippen LogP contribution < -0.4 is 10.6 Å². The van der Waals surface area contributed by atoms with Crippen LogP contribution in [0.4, 0.5) is 5.69 Å². The Morgan fingerprint density at radius 2 is 1.85 bits per heavy atom. The van der Waals surface area contributed by atoms with Gasteiger partial charge < -0.3 is 5.32 Å². The van der Waals surface area contributed by atoms with E-state index in [9.17, 15) is 14.9 Å². The van der Waals surface area contributed by atoms with Crippen molar-refractivity contribution in [1.29, 1.82) is 0 Å². The highest BCUT2D eigenvalue weighted by Crippen LogP contribution is 2.49. The minimum Gasteiger partial charge on any atom is -0.324 e. The smallest absolute Gasteiger partial charge is 0.256 e. The zero-order chi connectivity index (χ0) is 18.5. The maximum atomic E-state index is 12.9. The molecule has 2 N–H and O–H groups in total. The second kappa shape index (κ2) is 5.92. The highest BCUT2D eigenvalue weighted by atomic mass is 16.6. The minimum atomic E-state index is -1.34. The molecule has 2 heterocycles. The molecule has 6 nitrogen and oxygen atoms in total. The van der Waals surface area contributed by atoms with Crippen LogP contribution in [0.2, 0.25) is 0 Å². The molecule has 0 bridgehead atoms. The maximum absolute atomic E-state index is 12.9. The Morgan fingerprint density at radius 1 is 1.15 bits per heavy atom. The lowest BCUT2D eigenvalue weighted by Gasteiger charge is -2.25. The average Bonchev–Trinajstić information content (AvgIpc) is 3.10. The van der Waals surface area contributed by atoms with Crippen molar-refractivity contribution >= 4 is 11.6 Å². The van der Waals surface area contributed by atoms with Gasteiger partial charge in [-0.1, -0.05) is 49.4 Å². The van der Waals surface area contributed by atoms with E-state index in [4.69, 9.17) is 0 Å². The Hall–Kier alpha value is -2.73. The second-order valence-corrected chi connectivity index (χ2v) is 7.09. The Bertz CT molecular complexity index is 880. The summed E-state index contributed by atoms with van der Waals surface area (Å²) in [5, 5.41) is 18.3. The van der Waals surface area contributed by atoms with Crippen molar-refractivity contribution in [2.24, 2.45) is 0 Å². The highest BCUT2D eigenvalue weighted by molar-refractivity contribution is 6.07. The number of para-hydroxylation sites is 1. The third kappa shape index (κ3) is 2.18. The number of anilines is 1. The van der Waals surface area contributed by atoms with E-state index >= 15 is 0 Å². The molecule has 26 heavy (non-hydrogen) atoms. The number of amides is 1. The van der Waals surface area contributed by atoms with Crippen LogP contribution >= 0.6 is 0 Å². The van der Waals surface area contributed by atoms with Gasteiger partial charge in [0.25, 0.3) is 11.9 Å². The van der Waals surface area contributed by atoms with E-state index in [0.29, 0.717) is 11.3 Å². The number of hydrogen-bond donors (Lipinski definition) is 2. The molecule has 2 aromatic carbocycles. The number of hydrogen-bond acceptors (Lipinski definition) is 4. The van der Waals surface area contributed by atoms with Crippen LogP contribution in [0.25, 0.3) is 0 Å². The molecule has 4 rings (SSSR count). The van der Waals surface area contributed by atoms with Gasteiger partial charge in [0.2, 0.25) is 0 Å². The van der Waals surface area contributed by atoms with Crippen LogP contribution in [0, 0.1) is 10.1 Å². The van der Waals surface area contributed by atoms with E-state index in [1.54, 1.807) is 12.1 Å². The van der Waals surface area contributed by atoms with E-state index in [0.717, 1.165) is 12.0 Å². The summed E-state index contributed by atoms with van der Waals surface area (Å²) in [6.07, 6.45) is 0.914. The van der Waals surface area contributed by atoms with Crippen molar-refractivity contribution in [3.8, 4) is 0 Å². The van der Waals surface area contributed by atoms with Crippen LogP contribution in [-0.4, -0.2) is 22.9 Å². The summed E-state index contributed by atoms with van der Waals surface area (Å²) < 4.78 is 0. The van der Waals surface area contributed by atoms with Gasteiger partial charge in [-0.3, -0.25) is 20.2 Å². The van der Waals surface area contributed by atoms with Crippen molar-refractivity contribution in [3.63, 3.8) is 0 Å². The molecule has 6 heteroatoms. The second-order valence-electron chi connectivity index (χ2n) is 7.09. The molecule has 2 aromatic rings. The summed E-state index contributed by atoms with van der Waals surface area (Å²) in [6.45, 7) is 3.99. The quantitative estimate of drug-likeness (QED) is 0.658. The predicted molar refractivity (Wildman–Crippen MR) is 98.7 cm³/mol. The number of carbonyl (C=O) groups excluding carboxylic acids is 1. The van der Waals surface area contributed by atoms with E-state index in [1.807, 2.05) is 43.3 Å². The molecule has 1 saturated heterocycles. The Balaban J connectivity index is 1.86. The van der Waals surface area contributed by atoms with E-state index in [-0.39, 0.29) is 16.9 Å². The average molecular weight is 351 g/mol. The Morgan fingerprint density at radius 3 is 2.50 bits per heavy atom. The molecule has 0 aromatic heterocycles. The standard InChI is InChI=1S/C20H21N3O3/c1-3-13-8-10-14(11-9-13)17-12(2)22-20(18(17)23(25)26)15-6-4-5-7-16(15)21-19(20)24/h4-12,17-18,22H,3H2,1-2H3,(H,21,24)/t12-,17-,18-,20-/m0/s1. The first-order valence-electron chi connectivity index (χ1n) is 8.90. The molecule has 4 atom stereocenters. The van der Waals surface area contributed by atoms with Gasteiger partial charge in [0.15, 0.2) is 5.54 Å². The van der Waals surface area contributed by atoms with Crippen LogP contribution in [-0.2, 0) is 16.8 Å². The molecular formula is C20H21N3O3. The molecule has 0 saturated carbocycles. The highest BCUT2D eigenvalue weighted by Gasteiger charge is 2.67. The SMILES string of the molecule is CCc1ccc([C@@H]2[C@H](C)N[C@]3(C(=O)Nc4ccccc43)[C@H]2[N+](=O)[O-])cc1. The summed E-state index contributed by atoms with van der Waals surface area (Å²) in [6, 6.07) is 13.8. The van der Waals surface area contributed by atoms with Gasteiger partial charge in [-0.05, 0) is 30.5 Å². The van der Waals surface area contributed by atoms with Gasteiger partial charge >= 0.3 is 0 Å². The van der Waals surface area contributed by atoms with Crippen LogP contribution in [0.3, 0.4) is 0 Å². The third-order valence-corrected chi connectivity index (χ3v) is 5.74. The van der Waals surface area contributed by atoms with Gasteiger partial charge in [-0.15, -0.1) is 0 Å². The first-order chi connectivity index (χ1) is 12.5. The van der Waals surface area contributed by atoms with Crippen LogP contribution in [0.15, 0.2) is 48.5 Å². The fourth-order valence-electron chi connectivity index (χ4n) is 4.53. The lowest BCUT2D eigenvalue weighted by atomic mass is 9.78. The molecule has 1 fully saturated rings. The maximum Gasteiger partial charge on any atom is 0.256 e. The van der Waals surface area contributed by atoms with Gasteiger partial charge in [0.1, 0.15) is 0 Å². The largest absolute Gasteiger partial charge is 0.324 e. The lowest BCUT2D eigenvalue weighted by Crippen LogP contribution is -2.54. The minimum absolute atomic E-state index is 0.213. The predicted octanol–water partition coefficient (Wildman–Crippen LogP) is 2.82. The molecule has 134 valence electrons. The zero-order valence-electron chi connectivity index (χ0n) is 14.7. The summed E-state index contributed by atoms with van der Waals surface area (Å²) >= 11 is 0. The molecule has 2 aliphatic rings. The van der Waals surface area contributed by atoms with Gasteiger partial charge in [0, 0.05) is 22.2 Å². The fraction of sp³-hybridized carbons (Fsp3) is 0.350. The van der Waals surface area contributed by atoms with Crippen molar-refractivity contribution in [2.45, 2.75) is 43.8 Å². The fourth-order valence-corrected chi connectivity index (χ4v) is 4.53. The topological polar surface area (TPSA) is 84.3 Å². The summed E-state index contributed by atoms with van der Waals surface area (Å²) in [7, 11) is 0. The van der Waals surface area contributed by atoms with Gasteiger partial charge in [-0.25, -0.2) is 0 Å². The first-order valence-corrected chi connectivity index (χ1v) is 8.90. The van der Waals surface area contributed by atoms with Crippen molar-refractivity contribution in [2.75, 3.05) is 5.32 Å². The molecule has 2 aliphatic heterocycles. The molecule has 0 radical (unpaired) electrons. The van der Waals surface area contributed by atoms with E-state index in [2.05, 4.69) is 17.6 Å². The van der Waals surface area contributed by atoms with Gasteiger partial charge in [-0.2, -0.15) is 0 Å². The first kappa shape index (κ1) is 16.7. The van der Waals surface area contributed by atoms with Crippen molar-refractivity contribution in [1.82, 2.24) is 5.32 Å². The number of nitro groups is 1. The van der Waals surface area contributed by atoms with Crippen molar-refractivity contribution in [3.05, 3.63) is 75.3 Å².